The lowest BCUT2D eigenvalue weighted by Crippen LogP contribution is -2.22. The topological polar surface area (TPSA) is 24.9 Å². The van der Waals surface area contributed by atoms with Crippen molar-refractivity contribution < 1.29 is 0 Å². The molecule has 72 valence electrons. The van der Waals surface area contributed by atoms with Crippen molar-refractivity contribution in [1.82, 2.24) is 4.37 Å². The number of anilines is 1. The number of nitrogens with one attached hydrogen (secondary N) is 1. The van der Waals surface area contributed by atoms with Crippen molar-refractivity contribution >= 4 is 17.2 Å². The molecule has 1 fully saturated rings. The number of hydrogen-bond acceptors (Lipinski definition) is 3. The molecule has 1 aliphatic rings. The van der Waals surface area contributed by atoms with Gasteiger partial charge >= 0.3 is 0 Å². The Morgan fingerprint density at radius 3 is 2.92 bits per heavy atom. The van der Waals surface area contributed by atoms with Crippen molar-refractivity contribution in [3.8, 4) is 0 Å². The van der Waals surface area contributed by atoms with Crippen molar-refractivity contribution in [3.63, 3.8) is 0 Å². The molecule has 0 atom stereocenters. The lowest BCUT2D eigenvalue weighted by molar-refractivity contribution is 0.362. The van der Waals surface area contributed by atoms with Crippen LogP contribution in [-0.4, -0.2) is 10.9 Å². The summed E-state index contributed by atoms with van der Waals surface area (Å²) in [6.45, 7) is 3.48. The summed E-state index contributed by atoms with van der Waals surface area (Å²) in [5, 5.41) is 5.52. The number of rotatable bonds is 3. The minimum absolute atomic E-state index is 0.530. The Morgan fingerprint density at radius 1 is 1.54 bits per heavy atom. The molecule has 0 radical (unpaired) electrons. The van der Waals surface area contributed by atoms with Crippen LogP contribution in [0.15, 0.2) is 11.6 Å². The minimum atomic E-state index is 0.530. The molecule has 1 aromatic rings. The highest BCUT2D eigenvalue weighted by molar-refractivity contribution is 7.04. The van der Waals surface area contributed by atoms with Gasteiger partial charge in [-0.15, -0.1) is 0 Å². The van der Waals surface area contributed by atoms with Gasteiger partial charge in [0, 0.05) is 11.9 Å². The summed E-state index contributed by atoms with van der Waals surface area (Å²) in [6, 6.07) is 0. The molecule has 0 bridgehead atoms. The summed E-state index contributed by atoms with van der Waals surface area (Å²) in [7, 11) is 0. The Kier molecular flexibility index (Phi) is 2.54. The summed E-state index contributed by atoms with van der Waals surface area (Å²) in [5.74, 6) is 0. The second-order valence-electron chi connectivity index (χ2n) is 4.28. The van der Waals surface area contributed by atoms with Gasteiger partial charge in [0.15, 0.2) is 0 Å². The molecule has 0 spiro atoms. The number of hydrogen-bond donors (Lipinski definition) is 1. The largest absolute Gasteiger partial charge is 0.383 e. The van der Waals surface area contributed by atoms with Gasteiger partial charge in [0.05, 0.1) is 11.9 Å². The molecule has 13 heavy (non-hydrogen) atoms. The highest BCUT2D eigenvalue weighted by Crippen LogP contribution is 2.37. The van der Waals surface area contributed by atoms with Crippen LogP contribution in [0.4, 0.5) is 5.69 Å². The SMILES string of the molecule is CC1(CNc2cnsc2)CCCC1. The summed E-state index contributed by atoms with van der Waals surface area (Å²) in [6.07, 6.45) is 7.46. The van der Waals surface area contributed by atoms with Gasteiger partial charge in [-0.1, -0.05) is 19.8 Å². The first-order valence-electron chi connectivity index (χ1n) is 4.92. The van der Waals surface area contributed by atoms with Crippen LogP contribution in [0.3, 0.4) is 0 Å². The Hall–Kier alpha value is -0.570. The molecular formula is C10H16N2S. The molecule has 1 heterocycles. The van der Waals surface area contributed by atoms with E-state index in [-0.39, 0.29) is 0 Å². The van der Waals surface area contributed by atoms with Crippen molar-refractivity contribution in [2.75, 3.05) is 11.9 Å². The molecular weight excluding hydrogens is 180 g/mol. The van der Waals surface area contributed by atoms with Gasteiger partial charge in [0.2, 0.25) is 0 Å². The Morgan fingerprint density at radius 2 is 2.31 bits per heavy atom. The maximum atomic E-state index is 4.07. The molecule has 2 nitrogen and oxygen atoms in total. The molecule has 0 saturated heterocycles. The van der Waals surface area contributed by atoms with Crippen LogP contribution in [0.5, 0.6) is 0 Å². The standard InChI is InChI=1S/C10H16N2S/c1-10(4-2-3-5-10)8-11-9-6-12-13-7-9/h6-7,11H,2-5,8H2,1H3. The molecule has 0 unspecified atom stereocenters. The first-order valence-corrected chi connectivity index (χ1v) is 5.75. The molecule has 2 rings (SSSR count). The maximum absolute atomic E-state index is 4.07. The van der Waals surface area contributed by atoms with Gasteiger partial charge in [-0.3, -0.25) is 0 Å². The zero-order valence-electron chi connectivity index (χ0n) is 8.05. The Bertz CT molecular complexity index is 250. The van der Waals surface area contributed by atoms with Crippen LogP contribution < -0.4 is 5.32 Å². The number of nitrogens with zero attached hydrogens (tertiary/aromatic N) is 1. The summed E-state index contributed by atoms with van der Waals surface area (Å²) in [5.41, 5.74) is 1.71. The van der Waals surface area contributed by atoms with E-state index >= 15 is 0 Å². The molecule has 0 aliphatic heterocycles. The van der Waals surface area contributed by atoms with E-state index < -0.39 is 0 Å². The van der Waals surface area contributed by atoms with Crippen LogP contribution in [0.1, 0.15) is 32.6 Å². The van der Waals surface area contributed by atoms with E-state index in [0.717, 1.165) is 6.54 Å². The first-order chi connectivity index (χ1) is 6.29. The second kappa shape index (κ2) is 3.66. The van der Waals surface area contributed by atoms with Gasteiger partial charge in [-0.2, -0.15) is 4.37 Å². The van der Waals surface area contributed by atoms with Crippen molar-refractivity contribution in [2.45, 2.75) is 32.6 Å². The van der Waals surface area contributed by atoms with E-state index in [0.29, 0.717) is 5.41 Å². The lowest BCUT2D eigenvalue weighted by Gasteiger charge is -2.23. The van der Waals surface area contributed by atoms with Gasteiger partial charge in [-0.05, 0) is 29.8 Å². The fourth-order valence-corrected chi connectivity index (χ4v) is 2.51. The number of aromatic nitrogens is 1. The van der Waals surface area contributed by atoms with Gasteiger partial charge in [-0.25, -0.2) is 0 Å². The van der Waals surface area contributed by atoms with E-state index in [1.807, 2.05) is 6.20 Å². The molecule has 1 aliphatic carbocycles. The Balaban J connectivity index is 1.85. The zero-order chi connectivity index (χ0) is 9.15. The summed E-state index contributed by atoms with van der Waals surface area (Å²) < 4.78 is 4.07. The van der Waals surface area contributed by atoms with Gasteiger partial charge < -0.3 is 5.32 Å². The third kappa shape index (κ3) is 2.21. The average Bonchev–Trinajstić information content (AvgIpc) is 2.72. The lowest BCUT2D eigenvalue weighted by atomic mass is 9.89. The highest BCUT2D eigenvalue weighted by atomic mass is 32.1. The quantitative estimate of drug-likeness (QED) is 0.803. The third-order valence-corrected chi connectivity index (χ3v) is 3.55. The Labute approximate surface area is 83.5 Å². The van der Waals surface area contributed by atoms with E-state index in [1.165, 1.54) is 42.9 Å². The summed E-state index contributed by atoms with van der Waals surface area (Å²) in [4.78, 5) is 0. The predicted molar refractivity (Wildman–Crippen MR) is 57.2 cm³/mol. The predicted octanol–water partition coefficient (Wildman–Crippen LogP) is 3.14. The highest BCUT2D eigenvalue weighted by Gasteiger charge is 2.28. The van der Waals surface area contributed by atoms with Crippen LogP contribution in [-0.2, 0) is 0 Å². The first kappa shape index (κ1) is 9.00. The minimum Gasteiger partial charge on any atom is -0.383 e. The van der Waals surface area contributed by atoms with E-state index in [9.17, 15) is 0 Å². The van der Waals surface area contributed by atoms with Crippen molar-refractivity contribution in [1.29, 1.82) is 0 Å². The summed E-state index contributed by atoms with van der Waals surface area (Å²) >= 11 is 1.51. The molecule has 1 N–H and O–H groups in total. The molecule has 1 aromatic heterocycles. The molecule has 1 saturated carbocycles. The van der Waals surface area contributed by atoms with E-state index in [4.69, 9.17) is 0 Å². The normalized spacial score (nSPS) is 20.4. The third-order valence-electron chi connectivity index (χ3n) is 2.96. The van der Waals surface area contributed by atoms with Crippen molar-refractivity contribution in [2.24, 2.45) is 5.41 Å². The smallest absolute Gasteiger partial charge is 0.0653 e. The van der Waals surface area contributed by atoms with Crippen LogP contribution in [0.2, 0.25) is 0 Å². The molecule has 0 amide bonds. The van der Waals surface area contributed by atoms with Crippen molar-refractivity contribution in [3.05, 3.63) is 11.6 Å². The van der Waals surface area contributed by atoms with Gasteiger partial charge in [0.1, 0.15) is 0 Å². The van der Waals surface area contributed by atoms with Gasteiger partial charge in [0.25, 0.3) is 0 Å². The monoisotopic (exact) mass is 196 g/mol. The fourth-order valence-electron chi connectivity index (χ4n) is 2.01. The van der Waals surface area contributed by atoms with Crippen LogP contribution >= 0.6 is 11.5 Å². The molecule has 0 aromatic carbocycles. The van der Waals surface area contributed by atoms with E-state index in [1.54, 1.807) is 0 Å². The zero-order valence-corrected chi connectivity index (χ0v) is 8.86. The van der Waals surface area contributed by atoms with Crippen LogP contribution in [0.25, 0.3) is 0 Å². The average molecular weight is 196 g/mol. The second-order valence-corrected chi connectivity index (χ2v) is 4.94. The van der Waals surface area contributed by atoms with Crippen LogP contribution in [0, 0.1) is 5.41 Å². The van der Waals surface area contributed by atoms with E-state index in [2.05, 4.69) is 22.0 Å². The fraction of sp³-hybridized carbons (Fsp3) is 0.700. The maximum Gasteiger partial charge on any atom is 0.0653 e. The molecule has 3 heteroatoms.